The van der Waals surface area contributed by atoms with Gasteiger partial charge in [0.25, 0.3) is 0 Å². The number of hydrogen-bond acceptors (Lipinski definition) is 7. The van der Waals surface area contributed by atoms with E-state index in [1.807, 2.05) is 4.90 Å². The molecule has 0 unspecified atom stereocenters. The van der Waals surface area contributed by atoms with E-state index in [4.69, 9.17) is 18.9 Å². The van der Waals surface area contributed by atoms with Gasteiger partial charge in [-0.25, -0.2) is 9.59 Å². The quantitative estimate of drug-likeness (QED) is 0.698. The highest BCUT2D eigenvalue weighted by Gasteiger charge is 2.25. The van der Waals surface area contributed by atoms with Crippen LogP contribution < -0.4 is 0 Å². The number of methoxy groups -OCH3 is 2. The number of ether oxygens (including phenoxy) is 4. The van der Waals surface area contributed by atoms with Crippen molar-refractivity contribution in [3.63, 3.8) is 0 Å². The largest absolute Gasteiger partial charge is 0.465 e. The standard InChI is InChI=1S/C16H23NO6/c1-20-15(18)12-5-3-4-7-17(11-13(12)16(19)21-2)8-6-14-22-9-10-23-14/h5,11,14H,3-4,6-10H2,1-2H3/b12-5+,13-11+. The summed E-state index contributed by atoms with van der Waals surface area (Å²) in [6, 6.07) is 0. The summed E-state index contributed by atoms with van der Waals surface area (Å²) in [6.07, 6.45) is 5.45. The number of carbonyl (C=O) groups excluding carboxylic acids is 2. The normalized spacial score (nSPS) is 24.0. The minimum absolute atomic E-state index is 0.203. The summed E-state index contributed by atoms with van der Waals surface area (Å²) >= 11 is 0. The zero-order valence-corrected chi connectivity index (χ0v) is 13.6. The van der Waals surface area contributed by atoms with Gasteiger partial charge in [0.05, 0.1) is 38.6 Å². The molecule has 1 saturated heterocycles. The molecular formula is C16H23NO6. The second kappa shape index (κ2) is 8.69. The van der Waals surface area contributed by atoms with E-state index in [-0.39, 0.29) is 17.4 Å². The monoisotopic (exact) mass is 325 g/mol. The topological polar surface area (TPSA) is 74.3 Å². The third-order valence-electron chi connectivity index (χ3n) is 3.75. The van der Waals surface area contributed by atoms with Crippen LogP contribution in [-0.4, -0.2) is 63.7 Å². The number of carbonyl (C=O) groups is 2. The van der Waals surface area contributed by atoms with Gasteiger partial charge in [0, 0.05) is 25.7 Å². The molecule has 0 atom stereocenters. The molecule has 0 N–H and O–H groups in total. The molecular weight excluding hydrogens is 302 g/mol. The SMILES string of the molecule is COC(=O)C1=C/CCCN(CCC2OCCO2)/C=C\1C(=O)OC. The van der Waals surface area contributed by atoms with Crippen LogP contribution in [0.25, 0.3) is 0 Å². The lowest BCUT2D eigenvalue weighted by Crippen LogP contribution is -2.27. The molecule has 128 valence electrons. The van der Waals surface area contributed by atoms with Gasteiger partial charge in [-0.15, -0.1) is 0 Å². The molecule has 0 bridgehead atoms. The first kappa shape index (κ1) is 17.5. The van der Waals surface area contributed by atoms with Crippen LogP contribution in [0.1, 0.15) is 19.3 Å². The minimum Gasteiger partial charge on any atom is -0.465 e. The fourth-order valence-corrected chi connectivity index (χ4v) is 2.56. The summed E-state index contributed by atoms with van der Waals surface area (Å²) < 4.78 is 20.4. The van der Waals surface area contributed by atoms with Crippen LogP contribution in [0.2, 0.25) is 0 Å². The first-order valence-electron chi connectivity index (χ1n) is 7.72. The summed E-state index contributed by atoms with van der Waals surface area (Å²) in [5, 5.41) is 0. The van der Waals surface area contributed by atoms with E-state index in [2.05, 4.69) is 0 Å². The lowest BCUT2D eigenvalue weighted by atomic mass is 10.0. The van der Waals surface area contributed by atoms with Crippen molar-refractivity contribution in [2.24, 2.45) is 0 Å². The van der Waals surface area contributed by atoms with Crippen LogP contribution in [0.15, 0.2) is 23.4 Å². The highest BCUT2D eigenvalue weighted by molar-refractivity contribution is 6.06. The summed E-state index contributed by atoms with van der Waals surface area (Å²) in [6.45, 7) is 2.67. The second-order valence-corrected chi connectivity index (χ2v) is 5.28. The molecule has 2 rings (SSSR count). The number of allylic oxidation sites excluding steroid dienone is 1. The molecule has 0 amide bonds. The Morgan fingerprint density at radius 1 is 1.17 bits per heavy atom. The Labute approximate surface area is 135 Å². The highest BCUT2D eigenvalue weighted by atomic mass is 16.7. The van der Waals surface area contributed by atoms with Crippen LogP contribution >= 0.6 is 0 Å². The predicted octanol–water partition coefficient (Wildman–Crippen LogP) is 1.00. The second-order valence-electron chi connectivity index (χ2n) is 5.28. The van der Waals surface area contributed by atoms with Crippen LogP contribution in [0.5, 0.6) is 0 Å². The lowest BCUT2D eigenvalue weighted by molar-refractivity contribution is -0.139. The molecule has 7 heteroatoms. The van der Waals surface area contributed by atoms with Gasteiger partial charge in [-0.2, -0.15) is 0 Å². The Bertz CT molecular complexity index is 493. The molecule has 0 aromatic rings. The van der Waals surface area contributed by atoms with Gasteiger partial charge in [0.2, 0.25) is 0 Å². The molecule has 0 spiro atoms. The summed E-state index contributed by atoms with van der Waals surface area (Å²) in [4.78, 5) is 26.0. The van der Waals surface area contributed by atoms with Crippen molar-refractivity contribution in [1.82, 2.24) is 4.90 Å². The van der Waals surface area contributed by atoms with Crippen molar-refractivity contribution in [2.75, 3.05) is 40.5 Å². The molecule has 0 aliphatic carbocycles. The van der Waals surface area contributed by atoms with Crippen molar-refractivity contribution in [2.45, 2.75) is 25.6 Å². The number of esters is 2. The number of hydrogen-bond donors (Lipinski definition) is 0. The van der Waals surface area contributed by atoms with E-state index in [1.54, 1.807) is 12.3 Å². The first-order chi connectivity index (χ1) is 11.2. The fraction of sp³-hybridized carbons (Fsp3) is 0.625. The first-order valence-corrected chi connectivity index (χ1v) is 7.72. The Balaban J connectivity index is 2.14. The van der Waals surface area contributed by atoms with Gasteiger partial charge < -0.3 is 23.8 Å². The summed E-state index contributed by atoms with van der Waals surface area (Å²) in [5.41, 5.74) is 0.463. The molecule has 2 aliphatic rings. The Kier molecular flexibility index (Phi) is 6.61. The van der Waals surface area contributed by atoms with Crippen LogP contribution in [-0.2, 0) is 28.5 Å². The number of rotatable bonds is 5. The molecule has 0 radical (unpaired) electrons. The van der Waals surface area contributed by atoms with Gasteiger partial charge in [-0.05, 0) is 12.8 Å². The molecule has 2 heterocycles. The molecule has 23 heavy (non-hydrogen) atoms. The van der Waals surface area contributed by atoms with Crippen molar-refractivity contribution >= 4 is 11.9 Å². The van der Waals surface area contributed by atoms with Gasteiger partial charge in [-0.1, -0.05) is 6.08 Å². The van der Waals surface area contributed by atoms with Crippen LogP contribution in [0.3, 0.4) is 0 Å². The summed E-state index contributed by atoms with van der Waals surface area (Å²) in [7, 11) is 2.59. The van der Waals surface area contributed by atoms with Crippen molar-refractivity contribution in [3.05, 3.63) is 23.4 Å². The Morgan fingerprint density at radius 2 is 1.83 bits per heavy atom. The van der Waals surface area contributed by atoms with E-state index in [9.17, 15) is 9.59 Å². The third-order valence-corrected chi connectivity index (χ3v) is 3.75. The van der Waals surface area contributed by atoms with E-state index >= 15 is 0 Å². The molecule has 0 aromatic carbocycles. The molecule has 2 aliphatic heterocycles. The predicted molar refractivity (Wildman–Crippen MR) is 81.3 cm³/mol. The van der Waals surface area contributed by atoms with Crippen molar-refractivity contribution in [3.8, 4) is 0 Å². The third kappa shape index (κ3) is 4.80. The maximum Gasteiger partial charge on any atom is 0.340 e. The highest BCUT2D eigenvalue weighted by Crippen LogP contribution is 2.20. The van der Waals surface area contributed by atoms with E-state index in [0.29, 0.717) is 32.6 Å². The van der Waals surface area contributed by atoms with Crippen LogP contribution in [0, 0.1) is 0 Å². The lowest BCUT2D eigenvalue weighted by Gasteiger charge is -2.24. The number of nitrogens with zero attached hydrogens (tertiary/aromatic N) is 1. The zero-order valence-electron chi connectivity index (χ0n) is 13.6. The van der Waals surface area contributed by atoms with Crippen LogP contribution in [0.4, 0.5) is 0 Å². The van der Waals surface area contributed by atoms with Gasteiger partial charge >= 0.3 is 11.9 Å². The zero-order chi connectivity index (χ0) is 16.7. The van der Waals surface area contributed by atoms with Gasteiger partial charge in [0.15, 0.2) is 6.29 Å². The summed E-state index contributed by atoms with van der Waals surface area (Å²) in [5.74, 6) is -1.09. The average molecular weight is 325 g/mol. The molecule has 0 aromatic heterocycles. The minimum atomic E-state index is -0.554. The molecule has 0 saturated carbocycles. The maximum atomic E-state index is 12.1. The molecule has 7 nitrogen and oxygen atoms in total. The van der Waals surface area contributed by atoms with E-state index < -0.39 is 11.9 Å². The molecule has 1 fully saturated rings. The fourth-order valence-electron chi connectivity index (χ4n) is 2.56. The Morgan fingerprint density at radius 3 is 2.48 bits per heavy atom. The average Bonchev–Trinajstić information content (AvgIpc) is 3.06. The van der Waals surface area contributed by atoms with Crippen molar-refractivity contribution in [1.29, 1.82) is 0 Å². The smallest absolute Gasteiger partial charge is 0.340 e. The maximum absolute atomic E-state index is 12.1. The van der Waals surface area contributed by atoms with Gasteiger partial charge in [-0.3, -0.25) is 0 Å². The van der Waals surface area contributed by atoms with E-state index in [1.165, 1.54) is 14.2 Å². The van der Waals surface area contributed by atoms with Crippen molar-refractivity contribution < 1.29 is 28.5 Å². The Hall–Kier alpha value is -1.86. The van der Waals surface area contributed by atoms with Gasteiger partial charge in [0.1, 0.15) is 0 Å². The van der Waals surface area contributed by atoms with E-state index in [0.717, 1.165) is 13.0 Å².